The summed E-state index contributed by atoms with van der Waals surface area (Å²) >= 11 is 0. The first-order chi connectivity index (χ1) is 41.3. The molecule has 0 aliphatic carbocycles. The van der Waals surface area contributed by atoms with E-state index in [9.17, 15) is 9.59 Å². The highest BCUT2D eigenvalue weighted by Gasteiger charge is 2.62. The molecule has 0 radical (unpaired) electrons. The van der Waals surface area contributed by atoms with E-state index in [1.165, 1.54) is 14.2 Å². The van der Waals surface area contributed by atoms with Crippen LogP contribution in [0.5, 0.6) is 0 Å². The van der Waals surface area contributed by atoms with Gasteiger partial charge in [-0.1, -0.05) is 203 Å². The van der Waals surface area contributed by atoms with Crippen LogP contribution >= 0.6 is 0 Å². The van der Waals surface area contributed by atoms with Crippen molar-refractivity contribution in [1.82, 2.24) is 0 Å². The van der Waals surface area contributed by atoms with Crippen LogP contribution in [0, 0.1) is 0 Å². The van der Waals surface area contributed by atoms with Crippen molar-refractivity contribution in [2.45, 2.75) is 184 Å². The molecule has 2 aliphatic heterocycles. The molecular weight excluding hydrogens is 1070 g/mol. The molecule has 0 spiro atoms. The predicted octanol–water partition coefficient (Wildman–Crippen LogP) is 12.3. The van der Waals surface area contributed by atoms with Crippen molar-refractivity contribution in [3.8, 4) is 0 Å². The van der Waals surface area contributed by atoms with Crippen molar-refractivity contribution in [3.63, 3.8) is 0 Å². The topological polar surface area (TPSA) is 154 Å². The Morgan fingerprint density at radius 1 is 0.417 bits per heavy atom. The van der Waals surface area contributed by atoms with E-state index in [2.05, 4.69) is 12.1 Å². The molecule has 7 rings (SSSR count). The van der Waals surface area contributed by atoms with Crippen molar-refractivity contribution in [2.24, 2.45) is 0 Å². The van der Waals surface area contributed by atoms with Crippen LogP contribution in [0.25, 0.3) is 0 Å². The highest BCUT2D eigenvalue weighted by atomic mass is 16.8. The maximum atomic E-state index is 11.8. The second-order valence-electron chi connectivity index (χ2n) is 21.8. The number of hydrogen-bond donors (Lipinski definition) is 0. The normalized spacial score (nSPS) is 23.3. The standard InChI is InChI=1S/C69H92O15/c1-72-51-59-65(75-4)69(46-53-32-18-13-19-33-53,81-45-31-12-8-6-10-29-43-61(71)74-3)66(68(83-59)77-44-30-11-7-5-9-28-42-60(70)73-2)84-67-64(80-50-57-40-26-17-27-41-57)63(79-49-56-38-24-16-25-39-56)62(78-48-55-36-22-15-23-37-55)58(82-67)52-76-47-54-34-20-14-21-35-54/h13-27,32-41,58-59,62-68H,5-12,28-31,42-52H2,1-4H3/t58-,59-,62-,63+,64-,65-,66+,67+,68+,69+/m1/s1. The molecule has 0 saturated carbocycles. The van der Waals surface area contributed by atoms with Gasteiger partial charge in [0.15, 0.2) is 12.6 Å². The lowest BCUT2D eigenvalue weighted by Gasteiger charge is -2.55. The monoisotopic (exact) mass is 1160 g/mol. The summed E-state index contributed by atoms with van der Waals surface area (Å²) in [5, 5.41) is 0. The molecule has 458 valence electrons. The van der Waals surface area contributed by atoms with E-state index in [1.807, 2.05) is 140 Å². The number of carbonyl (C=O) groups excluding carboxylic acids is 2. The van der Waals surface area contributed by atoms with Crippen LogP contribution in [-0.2, 0) is 104 Å². The largest absolute Gasteiger partial charge is 0.469 e. The Labute approximate surface area is 499 Å². The van der Waals surface area contributed by atoms with E-state index in [-0.39, 0.29) is 45.0 Å². The average Bonchev–Trinajstić information content (AvgIpc) is 1.05. The molecular formula is C69H92O15. The Kier molecular flexibility index (Phi) is 29.8. The molecule has 10 atom stereocenters. The quantitative estimate of drug-likeness (QED) is 0.0270. The summed E-state index contributed by atoms with van der Waals surface area (Å²) in [6.45, 7) is 2.07. The van der Waals surface area contributed by atoms with Gasteiger partial charge in [0.1, 0.15) is 48.3 Å². The van der Waals surface area contributed by atoms with Crippen molar-refractivity contribution in [3.05, 3.63) is 179 Å². The number of rotatable bonds is 40. The molecule has 15 nitrogen and oxygen atoms in total. The number of esters is 2. The fourth-order valence-corrected chi connectivity index (χ4v) is 11.1. The Hall–Kier alpha value is -5.40. The van der Waals surface area contributed by atoms with Gasteiger partial charge >= 0.3 is 11.9 Å². The summed E-state index contributed by atoms with van der Waals surface area (Å²) in [7, 11) is 6.19. The van der Waals surface area contributed by atoms with Crippen LogP contribution in [0.1, 0.15) is 118 Å². The minimum Gasteiger partial charge on any atom is -0.469 e. The molecule has 0 aromatic heterocycles. The predicted molar refractivity (Wildman–Crippen MR) is 319 cm³/mol. The van der Waals surface area contributed by atoms with Crippen LogP contribution < -0.4 is 0 Å². The van der Waals surface area contributed by atoms with Crippen molar-refractivity contribution < 1.29 is 71.2 Å². The zero-order valence-corrected chi connectivity index (χ0v) is 50.0. The summed E-state index contributed by atoms with van der Waals surface area (Å²) in [6.07, 6.45) is 4.12. The van der Waals surface area contributed by atoms with Gasteiger partial charge in [-0.05, 0) is 53.5 Å². The van der Waals surface area contributed by atoms with E-state index in [0.29, 0.717) is 39.1 Å². The lowest BCUT2D eigenvalue weighted by atomic mass is 9.78. The van der Waals surface area contributed by atoms with Gasteiger partial charge in [-0.2, -0.15) is 0 Å². The molecule has 2 aliphatic rings. The Morgan fingerprint density at radius 3 is 1.33 bits per heavy atom. The van der Waals surface area contributed by atoms with E-state index in [1.54, 1.807) is 14.2 Å². The van der Waals surface area contributed by atoms with Crippen molar-refractivity contribution >= 4 is 11.9 Å². The first-order valence-corrected chi connectivity index (χ1v) is 30.3. The van der Waals surface area contributed by atoms with E-state index in [4.69, 9.17) is 61.6 Å². The van der Waals surface area contributed by atoms with Crippen LogP contribution in [0.15, 0.2) is 152 Å². The van der Waals surface area contributed by atoms with E-state index in [0.717, 1.165) is 105 Å². The van der Waals surface area contributed by atoms with Crippen LogP contribution in [0.3, 0.4) is 0 Å². The fourth-order valence-electron chi connectivity index (χ4n) is 11.1. The fraction of sp³-hybridized carbons (Fsp3) is 0.536. The van der Waals surface area contributed by atoms with Crippen LogP contribution in [-0.4, -0.2) is 128 Å². The molecule has 0 amide bonds. The third-order valence-electron chi connectivity index (χ3n) is 15.5. The van der Waals surface area contributed by atoms with Gasteiger partial charge in [0.2, 0.25) is 0 Å². The first kappa shape index (κ1) is 66.1. The Balaban J connectivity index is 1.29. The van der Waals surface area contributed by atoms with Gasteiger partial charge < -0.3 is 61.6 Å². The SMILES string of the molecule is COC[C@H]1O[C@H](OCCCCCCCCC(=O)OC)[C@H](O[C@@H]2O[C@H](COCc3ccccc3)[C@@H](OCc3ccccc3)[C@H](OCc3ccccc3)[C@H]2OCc2ccccc2)[C@@](Cc2ccccc2)(OCCCCCCCCC(=O)OC)[C@@H]1OC. The summed E-state index contributed by atoms with van der Waals surface area (Å²) < 4.78 is 87.2. The number of carbonyl (C=O) groups is 2. The number of methoxy groups -OCH3 is 4. The number of ether oxygens (including phenoxy) is 13. The minimum atomic E-state index is -1.28. The average molecular weight is 1160 g/mol. The lowest BCUT2D eigenvalue weighted by molar-refractivity contribution is -0.400. The molecule has 15 heteroatoms. The molecule has 2 fully saturated rings. The molecule has 84 heavy (non-hydrogen) atoms. The Bertz CT molecular complexity index is 2510. The van der Waals surface area contributed by atoms with Gasteiger partial charge in [0, 0.05) is 46.7 Å². The van der Waals surface area contributed by atoms with Gasteiger partial charge in [-0.25, -0.2) is 0 Å². The van der Waals surface area contributed by atoms with Crippen LogP contribution in [0.4, 0.5) is 0 Å². The number of hydrogen-bond acceptors (Lipinski definition) is 15. The minimum absolute atomic E-state index is 0.125. The van der Waals surface area contributed by atoms with Crippen molar-refractivity contribution in [1.29, 1.82) is 0 Å². The maximum absolute atomic E-state index is 11.8. The van der Waals surface area contributed by atoms with Gasteiger partial charge in [0.05, 0.1) is 53.9 Å². The number of unbranched alkanes of at least 4 members (excludes halogenated alkanes) is 10. The third-order valence-corrected chi connectivity index (χ3v) is 15.5. The summed E-state index contributed by atoms with van der Waals surface area (Å²) in [6, 6.07) is 50.5. The van der Waals surface area contributed by atoms with Crippen molar-refractivity contribution in [2.75, 3.05) is 54.9 Å². The van der Waals surface area contributed by atoms with Gasteiger partial charge in [-0.3, -0.25) is 9.59 Å². The molecule has 0 N–H and O–H groups in total. The van der Waals surface area contributed by atoms with E-state index >= 15 is 0 Å². The third kappa shape index (κ3) is 21.5. The summed E-state index contributed by atoms with van der Waals surface area (Å²) in [4.78, 5) is 23.6. The van der Waals surface area contributed by atoms with Gasteiger partial charge in [-0.15, -0.1) is 0 Å². The highest BCUT2D eigenvalue weighted by molar-refractivity contribution is 5.69. The smallest absolute Gasteiger partial charge is 0.305 e. The lowest BCUT2D eigenvalue weighted by Crippen LogP contribution is -2.72. The molecule has 5 aromatic carbocycles. The first-order valence-electron chi connectivity index (χ1n) is 30.3. The summed E-state index contributed by atoms with van der Waals surface area (Å²) in [5.74, 6) is -0.366. The molecule has 2 heterocycles. The second-order valence-corrected chi connectivity index (χ2v) is 21.8. The molecule has 0 bridgehead atoms. The maximum Gasteiger partial charge on any atom is 0.305 e. The highest BCUT2D eigenvalue weighted by Crippen LogP contribution is 2.43. The zero-order chi connectivity index (χ0) is 58.9. The second kappa shape index (κ2) is 37.9. The van der Waals surface area contributed by atoms with Gasteiger partial charge in [0.25, 0.3) is 0 Å². The summed E-state index contributed by atoms with van der Waals surface area (Å²) in [5.41, 5.74) is 3.63. The van der Waals surface area contributed by atoms with Crippen LogP contribution in [0.2, 0.25) is 0 Å². The zero-order valence-electron chi connectivity index (χ0n) is 50.0. The molecule has 5 aromatic rings. The molecule has 0 unspecified atom stereocenters. The van der Waals surface area contributed by atoms with E-state index < -0.39 is 60.9 Å². The number of benzene rings is 5. The molecule has 2 saturated heterocycles. The Morgan fingerprint density at radius 2 is 0.845 bits per heavy atom.